The van der Waals surface area contributed by atoms with Gasteiger partial charge in [-0.3, -0.25) is 9.59 Å². The second kappa shape index (κ2) is 5.13. The molecule has 4 aliphatic carbocycles. The van der Waals surface area contributed by atoms with Crippen LogP contribution in [-0.4, -0.2) is 34.5 Å². The number of hydrogen-bond acceptors (Lipinski definition) is 4. The summed E-state index contributed by atoms with van der Waals surface area (Å²) >= 11 is 0. The first-order chi connectivity index (χ1) is 10.9. The molecular weight excluding hydrogens is 292 g/mol. The molecule has 0 aromatic carbocycles. The maximum absolute atomic E-state index is 12.4. The van der Waals surface area contributed by atoms with Crippen molar-refractivity contribution in [2.75, 3.05) is 6.61 Å². The Kier molecular flexibility index (Phi) is 3.51. The van der Waals surface area contributed by atoms with Crippen LogP contribution < -0.4 is 0 Å². The molecule has 0 aromatic heterocycles. The van der Waals surface area contributed by atoms with Crippen molar-refractivity contribution in [1.29, 1.82) is 0 Å². The molecule has 2 N–H and O–H groups in total. The molecule has 0 aromatic rings. The van der Waals surface area contributed by atoms with E-state index in [4.69, 9.17) is 0 Å². The second-order valence-corrected chi connectivity index (χ2v) is 8.82. The number of carbonyl (C=O) groups is 2. The SMILES string of the molecule is C[C@]12CC[C@@H]3[C@@H](CCC4C(=O)C(=O)CC[C@@]43CO)[C@@H]1CCC2O. The minimum atomic E-state index is -0.372. The fourth-order valence-electron chi connectivity index (χ4n) is 7.00. The molecule has 2 unspecified atom stereocenters. The average Bonchev–Trinajstić information content (AvgIpc) is 2.86. The highest BCUT2D eigenvalue weighted by Gasteiger charge is 2.63. The van der Waals surface area contributed by atoms with Crippen LogP contribution in [0.15, 0.2) is 0 Å². The highest BCUT2D eigenvalue weighted by atomic mass is 16.3. The Balaban J connectivity index is 1.70. The van der Waals surface area contributed by atoms with Gasteiger partial charge in [0.05, 0.1) is 6.10 Å². The molecule has 0 radical (unpaired) electrons. The van der Waals surface area contributed by atoms with Crippen LogP contribution in [-0.2, 0) is 9.59 Å². The van der Waals surface area contributed by atoms with Crippen molar-refractivity contribution in [1.82, 2.24) is 0 Å². The number of carbonyl (C=O) groups excluding carboxylic acids is 2. The van der Waals surface area contributed by atoms with E-state index in [1.807, 2.05) is 0 Å². The number of hydrogen-bond donors (Lipinski definition) is 2. The van der Waals surface area contributed by atoms with Gasteiger partial charge in [0.15, 0.2) is 5.78 Å². The Labute approximate surface area is 137 Å². The zero-order valence-corrected chi connectivity index (χ0v) is 14.0. The molecule has 23 heavy (non-hydrogen) atoms. The van der Waals surface area contributed by atoms with Crippen molar-refractivity contribution in [3.8, 4) is 0 Å². The normalized spacial score (nSPS) is 52.7. The van der Waals surface area contributed by atoms with Crippen LogP contribution in [0.4, 0.5) is 0 Å². The van der Waals surface area contributed by atoms with Gasteiger partial charge >= 0.3 is 0 Å². The number of aliphatic hydroxyl groups is 2. The number of ketones is 2. The van der Waals surface area contributed by atoms with E-state index in [0.29, 0.717) is 30.6 Å². The fraction of sp³-hybridized carbons (Fsp3) is 0.895. The standard InChI is InChI=1S/C19H28O4/c1-18-8-6-13-11(12(18)4-5-16(18)22)2-3-14-17(23)15(21)7-9-19(13,14)10-20/h11-14,16,20,22H,2-10H2,1H3/t11-,12-,13+,14?,16?,18-,19-/m0/s1. The molecule has 128 valence electrons. The van der Waals surface area contributed by atoms with Gasteiger partial charge in [-0.25, -0.2) is 0 Å². The monoisotopic (exact) mass is 320 g/mol. The smallest absolute Gasteiger partial charge is 0.202 e. The van der Waals surface area contributed by atoms with Gasteiger partial charge in [0.2, 0.25) is 5.78 Å². The molecule has 4 aliphatic rings. The lowest BCUT2D eigenvalue weighted by Gasteiger charge is -2.59. The third kappa shape index (κ3) is 1.91. The number of fused-ring (bicyclic) bond motifs is 5. The van der Waals surface area contributed by atoms with Gasteiger partial charge in [-0.05, 0) is 68.1 Å². The van der Waals surface area contributed by atoms with Crippen LogP contribution in [0.5, 0.6) is 0 Å². The lowest BCUT2D eigenvalue weighted by atomic mass is 9.44. The van der Waals surface area contributed by atoms with E-state index in [1.165, 1.54) is 0 Å². The molecular formula is C19H28O4. The maximum atomic E-state index is 12.4. The third-order valence-corrected chi connectivity index (χ3v) is 8.31. The third-order valence-electron chi connectivity index (χ3n) is 8.31. The van der Waals surface area contributed by atoms with Crippen LogP contribution in [0.2, 0.25) is 0 Å². The van der Waals surface area contributed by atoms with Crippen LogP contribution in [0, 0.1) is 34.5 Å². The van der Waals surface area contributed by atoms with Gasteiger partial charge in [-0.2, -0.15) is 0 Å². The fourth-order valence-corrected chi connectivity index (χ4v) is 7.00. The molecule has 0 spiro atoms. The van der Waals surface area contributed by atoms with Gasteiger partial charge in [0.1, 0.15) is 0 Å². The molecule has 4 fully saturated rings. The van der Waals surface area contributed by atoms with E-state index in [9.17, 15) is 19.8 Å². The summed E-state index contributed by atoms with van der Waals surface area (Å²) in [5.41, 5.74) is -0.359. The first-order valence-electron chi connectivity index (χ1n) is 9.30. The Morgan fingerprint density at radius 3 is 2.57 bits per heavy atom. The Morgan fingerprint density at radius 1 is 1.04 bits per heavy atom. The van der Waals surface area contributed by atoms with Gasteiger partial charge in [0.25, 0.3) is 0 Å². The number of rotatable bonds is 1. The van der Waals surface area contributed by atoms with Gasteiger partial charge < -0.3 is 10.2 Å². The summed E-state index contributed by atoms with van der Waals surface area (Å²) in [6.45, 7) is 2.27. The summed E-state index contributed by atoms with van der Waals surface area (Å²) in [6, 6.07) is 0. The summed E-state index contributed by atoms with van der Waals surface area (Å²) in [7, 11) is 0. The predicted molar refractivity (Wildman–Crippen MR) is 84.5 cm³/mol. The second-order valence-electron chi connectivity index (χ2n) is 8.82. The quantitative estimate of drug-likeness (QED) is 0.726. The summed E-state index contributed by atoms with van der Waals surface area (Å²) in [6.07, 6.45) is 6.41. The average molecular weight is 320 g/mol. The molecule has 7 atom stereocenters. The number of aliphatic hydroxyl groups excluding tert-OH is 2. The molecule has 0 aliphatic heterocycles. The Hall–Kier alpha value is -0.740. The summed E-state index contributed by atoms with van der Waals surface area (Å²) < 4.78 is 0. The topological polar surface area (TPSA) is 74.6 Å². The molecule has 4 heteroatoms. The van der Waals surface area contributed by atoms with Crippen molar-refractivity contribution in [2.45, 2.75) is 64.4 Å². The van der Waals surface area contributed by atoms with Crippen molar-refractivity contribution in [3.63, 3.8) is 0 Å². The van der Waals surface area contributed by atoms with Gasteiger partial charge in [0, 0.05) is 24.4 Å². The van der Waals surface area contributed by atoms with E-state index in [0.717, 1.165) is 38.5 Å². The predicted octanol–water partition coefficient (Wildman–Crippen LogP) is 2.11. The van der Waals surface area contributed by atoms with Crippen LogP contribution >= 0.6 is 0 Å². The summed E-state index contributed by atoms with van der Waals surface area (Å²) in [5, 5.41) is 20.7. The molecule has 0 amide bonds. The first-order valence-corrected chi connectivity index (χ1v) is 9.30. The zero-order valence-electron chi connectivity index (χ0n) is 14.0. The van der Waals surface area contributed by atoms with Crippen molar-refractivity contribution in [2.24, 2.45) is 34.5 Å². The van der Waals surface area contributed by atoms with Crippen molar-refractivity contribution < 1.29 is 19.8 Å². The van der Waals surface area contributed by atoms with Crippen molar-refractivity contribution >= 4 is 11.6 Å². The molecule has 4 rings (SSSR count). The number of Topliss-reactive ketones (excluding diaryl/α,β-unsaturated/α-hetero) is 2. The minimum Gasteiger partial charge on any atom is -0.396 e. The van der Waals surface area contributed by atoms with E-state index in [2.05, 4.69) is 6.92 Å². The molecule has 4 saturated carbocycles. The molecule has 0 saturated heterocycles. The van der Waals surface area contributed by atoms with Crippen LogP contribution in [0.25, 0.3) is 0 Å². The Morgan fingerprint density at radius 2 is 1.83 bits per heavy atom. The van der Waals surface area contributed by atoms with E-state index in [-0.39, 0.29) is 41.0 Å². The van der Waals surface area contributed by atoms with E-state index < -0.39 is 0 Å². The lowest BCUT2D eigenvalue weighted by Crippen LogP contribution is -2.59. The van der Waals surface area contributed by atoms with Crippen molar-refractivity contribution in [3.05, 3.63) is 0 Å². The van der Waals surface area contributed by atoms with Crippen LogP contribution in [0.3, 0.4) is 0 Å². The minimum absolute atomic E-state index is 0.0130. The largest absolute Gasteiger partial charge is 0.396 e. The van der Waals surface area contributed by atoms with E-state index >= 15 is 0 Å². The Bertz CT molecular complexity index is 543. The van der Waals surface area contributed by atoms with Crippen LogP contribution in [0.1, 0.15) is 58.3 Å². The molecule has 4 nitrogen and oxygen atoms in total. The summed E-state index contributed by atoms with van der Waals surface area (Å²) in [4.78, 5) is 24.3. The highest BCUT2D eigenvalue weighted by Crippen LogP contribution is 2.65. The summed E-state index contributed by atoms with van der Waals surface area (Å²) in [5.74, 6) is 0.638. The van der Waals surface area contributed by atoms with Gasteiger partial charge in [-0.1, -0.05) is 6.92 Å². The molecule has 0 bridgehead atoms. The first kappa shape index (κ1) is 15.8. The van der Waals surface area contributed by atoms with E-state index in [1.54, 1.807) is 0 Å². The van der Waals surface area contributed by atoms with Gasteiger partial charge in [-0.15, -0.1) is 0 Å². The lowest BCUT2D eigenvalue weighted by molar-refractivity contribution is -0.168. The highest BCUT2D eigenvalue weighted by molar-refractivity contribution is 6.38. The molecule has 0 heterocycles. The maximum Gasteiger partial charge on any atom is 0.202 e. The zero-order chi connectivity index (χ0) is 16.4.